The molecule has 0 saturated heterocycles. The molecule has 0 aliphatic heterocycles. The third kappa shape index (κ3) is 6.63. The molecule has 0 aliphatic rings. The summed E-state index contributed by atoms with van der Waals surface area (Å²) in [5.74, 6) is -2.65. The van der Waals surface area contributed by atoms with E-state index in [1.807, 2.05) is 0 Å². The summed E-state index contributed by atoms with van der Waals surface area (Å²) in [6.07, 6.45) is 0.0875. The second-order valence-electron chi connectivity index (χ2n) is 7.42. The number of amides is 1. The van der Waals surface area contributed by atoms with Crippen molar-refractivity contribution in [2.45, 2.75) is 23.8 Å². The molecule has 178 valence electrons. The molecule has 10 heteroatoms. The minimum absolute atomic E-state index is 0.0501. The molecule has 0 aromatic heterocycles. The van der Waals surface area contributed by atoms with Crippen LogP contribution in [0.3, 0.4) is 0 Å². The van der Waals surface area contributed by atoms with Gasteiger partial charge in [-0.1, -0.05) is 48.0 Å². The summed E-state index contributed by atoms with van der Waals surface area (Å²) in [5.41, 5.74) is 1.50. The van der Waals surface area contributed by atoms with Gasteiger partial charge in [-0.05, 0) is 60.4 Å². The highest BCUT2D eigenvalue weighted by Gasteiger charge is 2.25. The van der Waals surface area contributed by atoms with Gasteiger partial charge in [-0.15, -0.1) is 0 Å². The number of benzene rings is 3. The highest BCUT2D eigenvalue weighted by Crippen LogP contribution is 2.23. The molecule has 0 heterocycles. The molecule has 0 spiro atoms. The molecule has 0 bridgehead atoms. The number of hydrogen-bond donors (Lipinski definition) is 3. The Hall–Kier alpha value is -3.27. The second-order valence-corrected chi connectivity index (χ2v) is 9.57. The number of carbonyl (C=O) groups is 2. The van der Waals surface area contributed by atoms with Crippen LogP contribution >= 0.6 is 11.6 Å². The van der Waals surface area contributed by atoms with Crippen LogP contribution < -0.4 is 10.0 Å². The Kier molecular flexibility index (Phi) is 8.38. The van der Waals surface area contributed by atoms with Gasteiger partial charge in [0.2, 0.25) is 10.0 Å². The summed E-state index contributed by atoms with van der Waals surface area (Å²) >= 11 is 5.88. The molecule has 1 atom stereocenters. The molecule has 3 N–H and O–H groups in total. The van der Waals surface area contributed by atoms with Gasteiger partial charge < -0.3 is 10.4 Å². The molecular weight excluding hydrogens is 483 g/mol. The molecule has 0 unspecified atom stereocenters. The molecular formula is C24H22ClFN2O5S. The van der Waals surface area contributed by atoms with Crippen LogP contribution in [0.15, 0.2) is 77.7 Å². The van der Waals surface area contributed by atoms with Crippen molar-refractivity contribution in [3.63, 3.8) is 0 Å². The van der Waals surface area contributed by atoms with Crippen LogP contribution in [0.25, 0.3) is 11.1 Å². The summed E-state index contributed by atoms with van der Waals surface area (Å²) in [6, 6.07) is 17.1. The molecule has 3 aromatic rings. The van der Waals surface area contributed by atoms with Crippen LogP contribution in [-0.4, -0.2) is 38.0 Å². The minimum Gasteiger partial charge on any atom is -0.480 e. The first kappa shape index (κ1) is 25.4. The maximum absolute atomic E-state index is 13.6. The van der Waals surface area contributed by atoms with Gasteiger partial charge in [0.25, 0.3) is 5.91 Å². The topological polar surface area (TPSA) is 113 Å². The molecule has 3 aromatic carbocycles. The van der Waals surface area contributed by atoms with Crippen molar-refractivity contribution in [2.24, 2.45) is 0 Å². The predicted octanol–water partition coefficient (Wildman–Crippen LogP) is 4.09. The highest BCUT2D eigenvalue weighted by atomic mass is 35.5. The Morgan fingerprint density at radius 1 is 0.941 bits per heavy atom. The van der Waals surface area contributed by atoms with Crippen LogP contribution in [0.1, 0.15) is 23.2 Å². The molecule has 3 rings (SSSR count). The van der Waals surface area contributed by atoms with Gasteiger partial charge in [0.05, 0.1) is 10.5 Å². The lowest BCUT2D eigenvalue weighted by Gasteiger charge is -2.15. The molecule has 1 amide bonds. The predicted molar refractivity (Wildman–Crippen MR) is 127 cm³/mol. The van der Waals surface area contributed by atoms with E-state index in [0.29, 0.717) is 5.02 Å². The Bertz CT molecular complexity index is 1270. The van der Waals surface area contributed by atoms with Crippen LogP contribution in [-0.2, 0) is 14.8 Å². The van der Waals surface area contributed by atoms with Gasteiger partial charge in [-0.25, -0.2) is 12.8 Å². The van der Waals surface area contributed by atoms with Gasteiger partial charge in [-0.3, -0.25) is 9.59 Å². The van der Waals surface area contributed by atoms with Crippen LogP contribution in [0, 0.1) is 5.82 Å². The van der Waals surface area contributed by atoms with Crippen LogP contribution in [0.2, 0.25) is 5.02 Å². The zero-order valence-electron chi connectivity index (χ0n) is 17.9. The molecule has 0 aliphatic carbocycles. The fourth-order valence-electron chi connectivity index (χ4n) is 3.21. The van der Waals surface area contributed by atoms with E-state index in [4.69, 9.17) is 11.6 Å². The van der Waals surface area contributed by atoms with Gasteiger partial charge in [0.15, 0.2) is 0 Å². The van der Waals surface area contributed by atoms with E-state index in [0.717, 1.165) is 17.2 Å². The largest absolute Gasteiger partial charge is 0.480 e. The maximum atomic E-state index is 13.6. The monoisotopic (exact) mass is 504 g/mol. The van der Waals surface area contributed by atoms with E-state index in [1.54, 1.807) is 36.4 Å². The van der Waals surface area contributed by atoms with Crippen molar-refractivity contribution in [1.29, 1.82) is 0 Å². The van der Waals surface area contributed by atoms with E-state index in [9.17, 15) is 27.5 Å². The fourth-order valence-corrected chi connectivity index (χ4v) is 4.56. The number of hydrogen-bond acceptors (Lipinski definition) is 4. The van der Waals surface area contributed by atoms with Crippen molar-refractivity contribution < 1.29 is 27.5 Å². The summed E-state index contributed by atoms with van der Waals surface area (Å²) in [7, 11) is -4.10. The Labute approximate surface area is 201 Å². The molecule has 7 nitrogen and oxygen atoms in total. The van der Waals surface area contributed by atoms with Crippen molar-refractivity contribution >= 4 is 33.5 Å². The molecule has 0 radical (unpaired) electrons. The summed E-state index contributed by atoms with van der Waals surface area (Å²) in [5, 5.41) is 12.5. The van der Waals surface area contributed by atoms with Crippen LogP contribution in [0.4, 0.5) is 4.39 Å². The average molecular weight is 505 g/mol. The van der Waals surface area contributed by atoms with Gasteiger partial charge >= 0.3 is 5.97 Å². The number of carboxylic acids is 1. The number of carbonyl (C=O) groups excluding carboxylic acids is 1. The molecule has 0 fully saturated rings. The van der Waals surface area contributed by atoms with Gasteiger partial charge in [0, 0.05) is 11.6 Å². The lowest BCUT2D eigenvalue weighted by Crippen LogP contribution is -2.41. The van der Waals surface area contributed by atoms with Crippen molar-refractivity contribution in [2.75, 3.05) is 6.54 Å². The number of nitrogens with one attached hydrogen (secondary N) is 2. The Morgan fingerprint density at radius 2 is 1.53 bits per heavy atom. The number of rotatable bonds is 10. The Morgan fingerprint density at radius 3 is 2.12 bits per heavy atom. The average Bonchev–Trinajstić information content (AvgIpc) is 2.81. The fraction of sp³-hybridized carbons (Fsp3) is 0.167. The van der Waals surface area contributed by atoms with E-state index in [2.05, 4.69) is 10.0 Å². The van der Waals surface area contributed by atoms with E-state index < -0.39 is 33.8 Å². The van der Waals surface area contributed by atoms with E-state index in [1.165, 1.54) is 30.3 Å². The SMILES string of the molecule is O=C(NCCC[C@H](NS(=O)(=O)c1ccc(-c2ccc(Cl)cc2)cc1)C(=O)O)c1ccccc1F. The lowest BCUT2D eigenvalue weighted by molar-refractivity contribution is -0.139. The third-order valence-electron chi connectivity index (χ3n) is 5.01. The van der Waals surface area contributed by atoms with E-state index >= 15 is 0 Å². The first-order chi connectivity index (χ1) is 16.2. The maximum Gasteiger partial charge on any atom is 0.321 e. The normalized spacial score (nSPS) is 12.2. The highest BCUT2D eigenvalue weighted by molar-refractivity contribution is 7.89. The zero-order chi connectivity index (χ0) is 24.7. The molecule has 34 heavy (non-hydrogen) atoms. The Balaban J connectivity index is 1.58. The number of carboxylic acid groups (broad SMARTS) is 1. The van der Waals surface area contributed by atoms with Crippen molar-refractivity contribution in [3.8, 4) is 11.1 Å². The summed E-state index contributed by atoms with van der Waals surface area (Å²) in [4.78, 5) is 23.5. The molecule has 0 saturated carbocycles. The smallest absolute Gasteiger partial charge is 0.321 e. The lowest BCUT2D eigenvalue weighted by atomic mass is 10.1. The number of aliphatic carboxylic acids is 1. The number of halogens is 2. The van der Waals surface area contributed by atoms with Gasteiger partial charge in [0.1, 0.15) is 11.9 Å². The first-order valence-electron chi connectivity index (χ1n) is 10.3. The second kappa shape index (κ2) is 11.2. The number of sulfonamides is 1. The van der Waals surface area contributed by atoms with Gasteiger partial charge in [-0.2, -0.15) is 4.72 Å². The summed E-state index contributed by atoms with van der Waals surface area (Å²) in [6.45, 7) is 0.0501. The van der Waals surface area contributed by atoms with Crippen molar-refractivity contribution in [1.82, 2.24) is 10.0 Å². The first-order valence-corrected chi connectivity index (χ1v) is 12.2. The van der Waals surface area contributed by atoms with Crippen LogP contribution in [0.5, 0.6) is 0 Å². The van der Waals surface area contributed by atoms with Crippen molar-refractivity contribution in [3.05, 3.63) is 89.2 Å². The van der Waals surface area contributed by atoms with E-state index in [-0.39, 0.29) is 29.8 Å². The third-order valence-corrected chi connectivity index (χ3v) is 6.75. The zero-order valence-corrected chi connectivity index (χ0v) is 19.4. The standard InChI is InChI=1S/C24H22ClFN2O5S/c25-18-11-7-16(8-12-18)17-9-13-19(14-10-17)34(32,33)28-22(24(30)31)6-3-15-27-23(29)20-4-1-2-5-21(20)26/h1-2,4-5,7-14,22,28H,3,6,15H2,(H,27,29)(H,30,31)/t22-/m0/s1. The summed E-state index contributed by atoms with van der Waals surface area (Å²) < 4.78 is 41.2. The quantitative estimate of drug-likeness (QED) is 0.360. The minimum atomic E-state index is -4.10.